The van der Waals surface area contributed by atoms with E-state index in [4.69, 9.17) is 0 Å². The van der Waals surface area contributed by atoms with Gasteiger partial charge in [0.15, 0.2) is 5.54 Å². The van der Waals surface area contributed by atoms with Gasteiger partial charge in [-0.05, 0) is 41.9 Å². The number of imide groups is 1. The predicted molar refractivity (Wildman–Crippen MR) is 133 cm³/mol. The van der Waals surface area contributed by atoms with Gasteiger partial charge < -0.3 is 5.32 Å². The average molecular weight is 454 g/mol. The molecule has 1 unspecified atom stereocenters. The Bertz CT molecular complexity index is 1110. The lowest BCUT2D eigenvalue weighted by molar-refractivity contribution is -0.133. The molecule has 1 N–H and O–H groups in total. The Balaban J connectivity index is 1.29. The average Bonchev–Trinajstić information content (AvgIpc) is 3.12. The first-order valence-corrected chi connectivity index (χ1v) is 12.1. The van der Waals surface area contributed by atoms with Gasteiger partial charge in [0, 0.05) is 19.5 Å². The SMILES string of the molecule is O=C1NC(Cc2ccccc2)(c2ccccc2)C(=O)N1CN1CCC(Cc2ccccc2)CC1. The quantitative estimate of drug-likeness (QED) is 0.533. The van der Waals surface area contributed by atoms with Gasteiger partial charge in [0.25, 0.3) is 5.91 Å². The van der Waals surface area contributed by atoms with Crippen molar-refractivity contribution in [3.8, 4) is 0 Å². The van der Waals surface area contributed by atoms with Gasteiger partial charge in [-0.2, -0.15) is 0 Å². The summed E-state index contributed by atoms with van der Waals surface area (Å²) in [5, 5.41) is 3.07. The summed E-state index contributed by atoms with van der Waals surface area (Å²) in [7, 11) is 0. The lowest BCUT2D eigenvalue weighted by Crippen LogP contribution is -2.48. The molecule has 0 radical (unpaired) electrons. The Morgan fingerprint density at radius 2 is 1.32 bits per heavy atom. The third kappa shape index (κ3) is 4.62. The van der Waals surface area contributed by atoms with E-state index < -0.39 is 5.54 Å². The Kier molecular flexibility index (Phi) is 6.45. The summed E-state index contributed by atoms with van der Waals surface area (Å²) in [6, 6.07) is 29.8. The zero-order valence-electron chi connectivity index (χ0n) is 19.4. The minimum atomic E-state index is -1.08. The normalized spacial score (nSPS) is 21.6. The van der Waals surface area contributed by atoms with E-state index in [-0.39, 0.29) is 11.9 Å². The van der Waals surface area contributed by atoms with Gasteiger partial charge in [0.2, 0.25) is 0 Å². The van der Waals surface area contributed by atoms with E-state index in [2.05, 4.69) is 40.5 Å². The van der Waals surface area contributed by atoms with E-state index in [1.807, 2.05) is 60.7 Å². The topological polar surface area (TPSA) is 52.7 Å². The molecule has 0 saturated carbocycles. The highest BCUT2D eigenvalue weighted by molar-refractivity contribution is 6.07. The predicted octanol–water partition coefficient (Wildman–Crippen LogP) is 4.59. The Morgan fingerprint density at radius 3 is 1.94 bits per heavy atom. The van der Waals surface area contributed by atoms with Gasteiger partial charge in [-0.1, -0.05) is 91.0 Å². The maximum atomic E-state index is 13.8. The molecule has 0 bridgehead atoms. The van der Waals surface area contributed by atoms with Crippen LogP contribution in [0.5, 0.6) is 0 Å². The van der Waals surface area contributed by atoms with E-state index in [0.29, 0.717) is 19.0 Å². The van der Waals surface area contributed by atoms with Crippen molar-refractivity contribution in [1.29, 1.82) is 0 Å². The minimum absolute atomic E-state index is 0.168. The van der Waals surface area contributed by atoms with Gasteiger partial charge >= 0.3 is 6.03 Å². The van der Waals surface area contributed by atoms with Crippen LogP contribution in [0, 0.1) is 5.92 Å². The summed E-state index contributed by atoms with van der Waals surface area (Å²) >= 11 is 0. The minimum Gasteiger partial charge on any atom is -0.319 e. The lowest BCUT2D eigenvalue weighted by atomic mass is 9.83. The maximum Gasteiger partial charge on any atom is 0.326 e. The van der Waals surface area contributed by atoms with Crippen molar-refractivity contribution in [3.63, 3.8) is 0 Å². The number of rotatable bonds is 7. The number of carbonyl (C=O) groups is 2. The van der Waals surface area contributed by atoms with Crippen LogP contribution >= 0.6 is 0 Å². The first-order chi connectivity index (χ1) is 16.6. The standard InChI is InChI=1S/C29H31N3O2/c33-27-29(26-14-8-3-9-15-26,21-25-12-6-2-7-13-25)30-28(34)32(27)22-31-18-16-24(17-19-31)20-23-10-4-1-5-11-23/h1-15,24H,16-22H2,(H,30,34). The molecule has 2 aliphatic rings. The number of nitrogens with one attached hydrogen (secondary N) is 1. The van der Waals surface area contributed by atoms with Gasteiger partial charge in [-0.3, -0.25) is 9.69 Å². The van der Waals surface area contributed by atoms with Crippen LogP contribution in [0.1, 0.15) is 29.5 Å². The molecule has 2 aliphatic heterocycles. The first kappa shape index (κ1) is 22.4. The molecule has 0 spiro atoms. The van der Waals surface area contributed by atoms with E-state index >= 15 is 0 Å². The molecule has 174 valence electrons. The number of hydrogen-bond acceptors (Lipinski definition) is 3. The molecule has 34 heavy (non-hydrogen) atoms. The van der Waals surface area contributed by atoms with E-state index in [0.717, 1.165) is 43.5 Å². The van der Waals surface area contributed by atoms with Crippen LogP contribution in [0.15, 0.2) is 91.0 Å². The van der Waals surface area contributed by atoms with Crippen molar-refractivity contribution in [2.24, 2.45) is 5.92 Å². The third-order valence-corrected chi connectivity index (χ3v) is 7.17. The van der Waals surface area contributed by atoms with Crippen molar-refractivity contribution in [1.82, 2.24) is 15.1 Å². The Morgan fingerprint density at radius 1 is 0.765 bits per heavy atom. The molecular weight excluding hydrogens is 422 g/mol. The second kappa shape index (κ2) is 9.82. The van der Waals surface area contributed by atoms with Crippen molar-refractivity contribution in [2.45, 2.75) is 31.2 Å². The highest BCUT2D eigenvalue weighted by Crippen LogP contribution is 2.33. The number of likely N-dealkylation sites (tertiary alicyclic amines) is 1. The van der Waals surface area contributed by atoms with Crippen LogP contribution in [0.25, 0.3) is 0 Å². The van der Waals surface area contributed by atoms with Gasteiger partial charge in [-0.15, -0.1) is 0 Å². The Labute approximate surface area is 201 Å². The van der Waals surface area contributed by atoms with Crippen LogP contribution < -0.4 is 5.32 Å². The third-order valence-electron chi connectivity index (χ3n) is 7.17. The number of carbonyl (C=O) groups excluding carboxylic acids is 2. The summed E-state index contributed by atoms with van der Waals surface area (Å²) < 4.78 is 0. The fourth-order valence-corrected chi connectivity index (χ4v) is 5.28. The van der Waals surface area contributed by atoms with Crippen molar-refractivity contribution >= 4 is 11.9 Å². The summed E-state index contributed by atoms with van der Waals surface area (Å²) in [5.74, 6) is 0.474. The Hall–Kier alpha value is -3.44. The van der Waals surface area contributed by atoms with E-state index in [1.54, 1.807) is 0 Å². The molecule has 5 heteroatoms. The van der Waals surface area contributed by atoms with Gasteiger partial charge in [0.05, 0.1) is 6.67 Å². The van der Waals surface area contributed by atoms with Crippen molar-refractivity contribution < 1.29 is 9.59 Å². The maximum absolute atomic E-state index is 13.8. The largest absolute Gasteiger partial charge is 0.326 e. The number of nitrogens with zero attached hydrogens (tertiary/aromatic N) is 2. The molecule has 5 rings (SSSR count). The summed E-state index contributed by atoms with van der Waals surface area (Å²) in [6.45, 7) is 2.13. The lowest BCUT2D eigenvalue weighted by Gasteiger charge is -2.34. The van der Waals surface area contributed by atoms with E-state index in [9.17, 15) is 9.59 Å². The molecule has 5 nitrogen and oxygen atoms in total. The number of benzene rings is 3. The van der Waals surface area contributed by atoms with Gasteiger partial charge in [-0.25, -0.2) is 9.69 Å². The second-order valence-corrected chi connectivity index (χ2v) is 9.49. The van der Waals surface area contributed by atoms with Crippen molar-refractivity contribution in [3.05, 3.63) is 108 Å². The monoisotopic (exact) mass is 453 g/mol. The molecular formula is C29H31N3O2. The number of amides is 3. The van der Waals surface area contributed by atoms with Crippen LogP contribution in [-0.4, -0.2) is 41.5 Å². The zero-order chi connectivity index (χ0) is 23.4. The first-order valence-electron chi connectivity index (χ1n) is 12.1. The van der Waals surface area contributed by atoms with Crippen molar-refractivity contribution in [2.75, 3.05) is 19.8 Å². The van der Waals surface area contributed by atoms with Gasteiger partial charge in [0.1, 0.15) is 0 Å². The molecule has 3 aromatic carbocycles. The molecule has 0 aromatic heterocycles. The highest BCUT2D eigenvalue weighted by Gasteiger charge is 2.52. The smallest absolute Gasteiger partial charge is 0.319 e. The summed E-state index contributed by atoms with van der Waals surface area (Å²) in [6.07, 6.45) is 3.67. The number of urea groups is 1. The highest BCUT2D eigenvalue weighted by atomic mass is 16.2. The molecule has 2 saturated heterocycles. The summed E-state index contributed by atoms with van der Waals surface area (Å²) in [4.78, 5) is 30.6. The van der Waals surface area contributed by atoms with E-state index in [1.165, 1.54) is 10.5 Å². The fourth-order valence-electron chi connectivity index (χ4n) is 5.28. The zero-order valence-corrected chi connectivity index (χ0v) is 19.4. The molecule has 2 heterocycles. The van der Waals surface area contributed by atoms with Crippen LogP contribution in [0.3, 0.4) is 0 Å². The van der Waals surface area contributed by atoms with Crippen LogP contribution in [0.2, 0.25) is 0 Å². The number of piperidine rings is 1. The molecule has 3 amide bonds. The van der Waals surface area contributed by atoms with Crippen LogP contribution in [-0.2, 0) is 23.2 Å². The number of hydrogen-bond donors (Lipinski definition) is 1. The second-order valence-electron chi connectivity index (χ2n) is 9.49. The molecule has 2 fully saturated rings. The fraction of sp³-hybridized carbons (Fsp3) is 0.310. The van der Waals surface area contributed by atoms with Crippen LogP contribution in [0.4, 0.5) is 4.79 Å². The molecule has 0 aliphatic carbocycles. The molecule has 1 atom stereocenters. The molecule has 3 aromatic rings. The summed E-state index contributed by atoms with van der Waals surface area (Å²) in [5.41, 5.74) is 2.14.